The first-order valence-electron chi connectivity index (χ1n) is 7.87. The van der Waals surface area contributed by atoms with E-state index >= 15 is 0 Å². The summed E-state index contributed by atoms with van der Waals surface area (Å²) in [5.41, 5.74) is 7.24. The molecule has 1 aromatic heterocycles. The molecule has 1 atom stereocenters. The van der Waals surface area contributed by atoms with Crippen LogP contribution in [0.1, 0.15) is 33.3 Å². The number of hydrogen-bond acceptors (Lipinski definition) is 5. The molecule has 134 valence electrons. The van der Waals surface area contributed by atoms with Gasteiger partial charge in [-0.2, -0.15) is 0 Å². The summed E-state index contributed by atoms with van der Waals surface area (Å²) in [6, 6.07) is 7.33. The van der Waals surface area contributed by atoms with E-state index in [1.54, 1.807) is 6.92 Å². The second kappa shape index (κ2) is 7.26. The van der Waals surface area contributed by atoms with Gasteiger partial charge in [-0.1, -0.05) is 56.8 Å². The van der Waals surface area contributed by atoms with Gasteiger partial charge in [-0.3, -0.25) is 10.1 Å². The average Bonchev–Trinajstić information content (AvgIpc) is 2.87. The van der Waals surface area contributed by atoms with Crippen LogP contribution in [-0.4, -0.2) is 32.0 Å². The number of nitrogens with two attached hydrogens (primary N) is 1. The number of benzene rings is 1. The minimum Gasteiger partial charge on any atom is -0.351 e. The van der Waals surface area contributed by atoms with E-state index in [-0.39, 0.29) is 5.41 Å². The molecule has 3 amide bonds. The minimum atomic E-state index is -0.866. The van der Waals surface area contributed by atoms with Crippen molar-refractivity contribution < 1.29 is 9.59 Å². The molecule has 2 aromatic rings. The average molecular weight is 361 g/mol. The molecule has 2 rings (SSSR count). The third-order valence-corrected chi connectivity index (χ3v) is 4.88. The predicted octanol–water partition coefficient (Wildman–Crippen LogP) is 2.46. The Balaban J connectivity index is 2.18. The Hall–Kier alpha value is -2.35. The molecule has 25 heavy (non-hydrogen) atoms. The van der Waals surface area contributed by atoms with Crippen LogP contribution in [0.5, 0.6) is 0 Å². The first-order chi connectivity index (χ1) is 11.6. The van der Waals surface area contributed by atoms with Crippen LogP contribution in [0.3, 0.4) is 0 Å². The summed E-state index contributed by atoms with van der Waals surface area (Å²) in [7, 11) is 1.84. The Labute approximate surface area is 151 Å². The van der Waals surface area contributed by atoms with Crippen LogP contribution in [-0.2, 0) is 17.3 Å². The molecule has 0 saturated carbocycles. The maximum Gasteiger partial charge on any atom is 0.318 e. The van der Waals surface area contributed by atoms with E-state index < -0.39 is 17.2 Å². The monoisotopic (exact) mass is 361 g/mol. The number of aromatic nitrogens is 3. The van der Waals surface area contributed by atoms with Crippen molar-refractivity contribution >= 4 is 23.7 Å². The molecule has 0 aliphatic rings. The molecule has 0 fully saturated rings. The van der Waals surface area contributed by atoms with Gasteiger partial charge >= 0.3 is 6.03 Å². The first-order valence-corrected chi connectivity index (χ1v) is 8.75. The summed E-state index contributed by atoms with van der Waals surface area (Å²) in [6.07, 6.45) is 0. The van der Waals surface area contributed by atoms with E-state index in [0.717, 1.165) is 5.56 Å². The number of thioether (sulfide) groups is 1. The summed E-state index contributed by atoms with van der Waals surface area (Å²) >= 11 is 1.21. The fourth-order valence-corrected chi connectivity index (χ4v) is 3.04. The van der Waals surface area contributed by atoms with Gasteiger partial charge in [0.15, 0.2) is 11.0 Å². The molecule has 1 aromatic carbocycles. The van der Waals surface area contributed by atoms with Crippen molar-refractivity contribution in [3.8, 4) is 11.4 Å². The maximum atomic E-state index is 11.8. The lowest BCUT2D eigenvalue weighted by Crippen LogP contribution is -2.39. The van der Waals surface area contributed by atoms with Gasteiger partial charge in [0.25, 0.3) is 0 Å². The van der Waals surface area contributed by atoms with Crippen LogP contribution in [0.4, 0.5) is 4.79 Å². The molecule has 1 heterocycles. The Morgan fingerprint density at radius 3 is 2.32 bits per heavy atom. The number of amides is 3. The molecule has 1 unspecified atom stereocenters. The van der Waals surface area contributed by atoms with Crippen LogP contribution in [0, 0.1) is 0 Å². The number of nitrogens with one attached hydrogen (secondary N) is 1. The van der Waals surface area contributed by atoms with Gasteiger partial charge in [0.05, 0.1) is 5.25 Å². The fraction of sp³-hybridized carbons (Fsp3) is 0.412. The lowest BCUT2D eigenvalue weighted by Gasteiger charge is -2.19. The van der Waals surface area contributed by atoms with E-state index in [4.69, 9.17) is 5.73 Å². The number of carbonyl (C=O) groups is 2. The van der Waals surface area contributed by atoms with Crippen LogP contribution >= 0.6 is 11.8 Å². The van der Waals surface area contributed by atoms with Crippen LogP contribution in [0.15, 0.2) is 29.4 Å². The standard InChI is InChI=1S/C17H23N5O2S/c1-10(14(23)19-15(18)24)25-16-21-20-13(22(16)5)11-6-8-12(9-7-11)17(2,3)4/h6-10H,1-5H3,(H3,18,19,23,24). The molecule has 0 bridgehead atoms. The largest absolute Gasteiger partial charge is 0.351 e. The van der Waals surface area contributed by atoms with Crippen LogP contribution in [0.25, 0.3) is 11.4 Å². The highest BCUT2D eigenvalue weighted by Gasteiger charge is 2.20. The highest BCUT2D eigenvalue weighted by molar-refractivity contribution is 8.00. The fourth-order valence-electron chi connectivity index (χ4n) is 2.22. The number of imide groups is 1. The topological polar surface area (TPSA) is 103 Å². The zero-order chi connectivity index (χ0) is 18.8. The van der Waals surface area contributed by atoms with E-state index in [1.807, 2.05) is 23.7 Å². The third kappa shape index (κ3) is 4.60. The van der Waals surface area contributed by atoms with Gasteiger partial charge in [0.1, 0.15) is 0 Å². The second-order valence-electron chi connectivity index (χ2n) is 6.81. The lowest BCUT2D eigenvalue weighted by molar-refractivity contribution is -0.119. The summed E-state index contributed by atoms with van der Waals surface area (Å²) in [4.78, 5) is 22.6. The molecule has 0 radical (unpaired) electrons. The Bertz CT molecular complexity index is 777. The number of urea groups is 1. The van der Waals surface area contributed by atoms with Gasteiger partial charge in [-0.15, -0.1) is 10.2 Å². The Morgan fingerprint density at radius 1 is 1.20 bits per heavy atom. The van der Waals surface area contributed by atoms with Gasteiger partial charge in [0.2, 0.25) is 5.91 Å². The quantitative estimate of drug-likeness (QED) is 0.814. The third-order valence-electron chi connectivity index (χ3n) is 3.74. The SMILES string of the molecule is CC(Sc1nnc(-c2ccc(C(C)(C)C)cc2)n1C)C(=O)NC(N)=O. The Morgan fingerprint density at radius 2 is 1.80 bits per heavy atom. The lowest BCUT2D eigenvalue weighted by atomic mass is 9.87. The maximum absolute atomic E-state index is 11.8. The van der Waals surface area contributed by atoms with Crippen molar-refractivity contribution in [2.45, 2.75) is 43.5 Å². The zero-order valence-corrected chi connectivity index (χ0v) is 15.8. The number of nitrogens with zero attached hydrogens (tertiary/aromatic N) is 3. The number of rotatable bonds is 4. The van der Waals surface area contributed by atoms with Crippen molar-refractivity contribution in [3.05, 3.63) is 29.8 Å². The highest BCUT2D eigenvalue weighted by Crippen LogP contribution is 2.28. The minimum absolute atomic E-state index is 0.0860. The molecule has 0 spiro atoms. The molecule has 0 aliphatic carbocycles. The molecule has 3 N–H and O–H groups in total. The van der Waals surface area contributed by atoms with Crippen LogP contribution < -0.4 is 11.1 Å². The van der Waals surface area contributed by atoms with E-state index in [1.165, 1.54) is 17.3 Å². The van der Waals surface area contributed by atoms with Gasteiger partial charge in [-0.25, -0.2) is 4.79 Å². The van der Waals surface area contributed by atoms with E-state index in [9.17, 15) is 9.59 Å². The van der Waals surface area contributed by atoms with Crippen molar-refractivity contribution in [2.24, 2.45) is 12.8 Å². The highest BCUT2D eigenvalue weighted by atomic mass is 32.2. The molecule has 0 saturated heterocycles. The Kier molecular flexibility index (Phi) is 5.52. The van der Waals surface area contributed by atoms with Crippen molar-refractivity contribution in [2.75, 3.05) is 0 Å². The van der Waals surface area contributed by atoms with Crippen molar-refractivity contribution in [1.29, 1.82) is 0 Å². The van der Waals surface area contributed by atoms with Gasteiger partial charge < -0.3 is 10.3 Å². The van der Waals surface area contributed by atoms with Gasteiger partial charge in [-0.05, 0) is 17.9 Å². The van der Waals surface area contributed by atoms with E-state index in [0.29, 0.717) is 11.0 Å². The number of primary amides is 1. The van der Waals surface area contributed by atoms with E-state index in [2.05, 4.69) is 48.4 Å². The van der Waals surface area contributed by atoms with Crippen molar-refractivity contribution in [1.82, 2.24) is 20.1 Å². The summed E-state index contributed by atoms with van der Waals surface area (Å²) in [5, 5.41) is 10.5. The zero-order valence-electron chi connectivity index (χ0n) is 15.0. The smallest absolute Gasteiger partial charge is 0.318 e. The molecular formula is C17H23N5O2S. The summed E-state index contributed by atoms with van der Waals surface area (Å²) in [6.45, 7) is 8.17. The molecule has 8 heteroatoms. The second-order valence-corrected chi connectivity index (χ2v) is 8.11. The number of carbonyl (C=O) groups excluding carboxylic acids is 2. The summed E-state index contributed by atoms with van der Waals surface area (Å²) in [5.74, 6) is 0.252. The molecule has 0 aliphatic heterocycles. The predicted molar refractivity (Wildman–Crippen MR) is 98.2 cm³/mol. The van der Waals surface area contributed by atoms with Crippen LogP contribution in [0.2, 0.25) is 0 Å². The van der Waals surface area contributed by atoms with Crippen molar-refractivity contribution in [3.63, 3.8) is 0 Å². The summed E-state index contributed by atoms with van der Waals surface area (Å²) < 4.78 is 1.82. The van der Waals surface area contributed by atoms with Gasteiger partial charge in [0, 0.05) is 12.6 Å². The first kappa shape index (κ1) is 19.0. The number of hydrogen-bond donors (Lipinski definition) is 2. The molecule has 7 nitrogen and oxygen atoms in total. The molecular weight excluding hydrogens is 338 g/mol. The normalized spacial score (nSPS) is 12.7.